The van der Waals surface area contributed by atoms with Crippen LogP contribution in [0, 0.1) is 0 Å². The van der Waals surface area contributed by atoms with Gasteiger partial charge in [-0.2, -0.15) is 13.2 Å². The third-order valence-corrected chi connectivity index (χ3v) is 4.75. The van der Waals surface area contributed by atoms with Gasteiger partial charge in [0.2, 0.25) is 0 Å². The SMILES string of the molecule is CN=C1COCC(C)(c2cccc(NC(=O)c3ncc(C(F)(F)F)cc3Cl)c2)N1. The highest BCUT2D eigenvalue weighted by Crippen LogP contribution is 2.31. The largest absolute Gasteiger partial charge is 0.417 e. The Bertz CT molecular complexity index is 965. The molecule has 29 heavy (non-hydrogen) atoms. The number of nitrogens with one attached hydrogen (secondary N) is 2. The highest BCUT2D eigenvalue weighted by atomic mass is 35.5. The summed E-state index contributed by atoms with van der Waals surface area (Å²) in [6, 6.07) is 7.69. The summed E-state index contributed by atoms with van der Waals surface area (Å²) >= 11 is 5.84. The van der Waals surface area contributed by atoms with Crippen LogP contribution in [0.2, 0.25) is 5.02 Å². The smallest absolute Gasteiger partial charge is 0.371 e. The Morgan fingerprint density at radius 1 is 1.38 bits per heavy atom. The topological polar surface area (TPSA) is 75.6 Å². The minimum atomic E-state index is -4.59. The van der Waals surface area contributed by atoms with Crippen molar-refractivity contribution in [2.75, 3.05) is 25.6 Å². The number of anilines is 1. The van der Waals surface area contributed by atoms with Gasteiger partial charge < -0.3 is 15.4 Å². The van der Waals surface area contributed by atoms with Gasteiger partial charge in [0.1, 0.15) is 18.1 Å². The van der Waals surface area contributed by atoms with Crippen molar-refractivity contribution in [2.45, 2.75) is 18.6 Å². The third kappa shape index (κ3) is 4.68. The van der Waals surface area contributed by atoms with E-state index in [1.54, 1.807) is 25.2 Å². The average Bonchev–Trinajstić information content (AvgIpc) is 2.67. The third-order valence-electron chi connectivity index (χ3n) is 4.46. The van der Waals surface area contributed by atoms with Crippen molar-refractivity contribution < 1.29 is 22.7 Å². The van der Waals surface area contributed by atoms with Crippen LogP contribution in [0.3, 0.4) is 0 Å². The molecule has 0 bridgehead atoms. The zero-order valence-electron chi connectivity index (χ0n) is 15.6. The molecule has 2 heterocycles. The number of amidine groups is 1. The Morgan fingerprint density at radius 3 is 2.79 bits per heavy atom. The van der Waals surface area contributed by atoms with Gasteiger partial charge in [0.05, 0.1) is 22.7 Å². The zero-order chi connectivity index (χ0) is 21.2. The summed E-state index contributed by atoms with van der Waals surface area (Å²) in [4.78, 5) is 20.2. The van der Waals surface area contributed by atoms with Crippen molar-refractivity contribution >= 4 is 29.0 Å². The molecule has 1 aliphatic rings. The van der Waals surface area contributed by atoms with E-state index >= 15 is 0 Å². The molecule has 0 saturated carbocycles. The molecule has 0 radical (unpaired) electrons. The number of rotatable bonds is 3. The van der Waals surface area contributed by atoms with Crippen molar-refractivity contribution in [3.63, 3.8) is 0 Å². The molecule has 0 aliphatic carbocycles. The minimum Gasteiger partial charge on any atom is -0.371 e. The summed E-state index contributed by atoms with van der Waals surface area (Å²) in [5, 5.41) is 5.54. The van der Waals surface area contributed by atoms with E-state index in [1.807, 2.05) is 13.0 Å². The van der Waals surface area contributed by atoms with Gasteiger partial charge in [-0.3, -0.25) is 9.79 Å². The van der Waals surface area contributed by atoms with Gasteiger partial charge in [-0.1, -0.05) is 23.7 Å². The first-order valence-electron chi connectivity index (χ1n) is 8.58. The Balaban J connectivity index is 1.81. The number of morpholine rings is 1. The molecule has 1 saturated heterocycles. The van der Waals surface area contributed by atoms with Gasteiger partial charge in [0, 0.05) is 18.9 Å². The Labute approximate surface area is 170 Å². The van der Waals surface area contributed by atoms with E-state index in [9.17, 15) is 18.0 Å². The fourth-order valence-corrected chi connectivity index (χ4v) is 3.16. The second-order valence-corrected chi connectivity index (χ2v) is 7.11. The molecule has 2 N–H and O–H groups in total. The van der Waals surface area contributed by atoms with Crippen molar-refractivity contribution in [2.24, 2.45) is 4.99 Å². The molecule has 1 aromatic carbocycles. The molecule has 154 valence electrons. The Morgan fingerprint density at radius 2 is 2.14 bits per heavy atom. The Hall–Kier alpha value is -2.65. The molecule has 1 unspecified atom stereocenters. The predicted molar refractivity (Wildman–Crippen MR) is 103 cm³/mol. The van der Waals surface area contributed by atoms with E-state index in [0.717, 1.165) is 5.56 Å². The van der Waals surface area contributed by atoms with Gasteiger partial charge in [-0.15, -0.1) is 0 Å². The van der Waals surface area contributed by atoms with Crippen LogP contribution in [-0.4, -0.2) is 37.0 Å². The summed E-state index contributed by atoms with van der Waals surface area (Å²) in [5.41, 5.74) is -0.601. The number of ether oxygens (including phenoxy) is 1. The molecule has 1 atom stereocenters. The summed E-state index contributed by atoms with van der Waals surface area (Å²) in [6.45, 7) is 2.73. The van der Waals surface area contributed by atoms with Gasteiger partial charge in [0.25, 0.3) is 5.91 Å². The number of aromatic nitrogens is 1. The zero-order valence-corrected chi connectivity index (χ0v) is 16.4. The number of pyridine rings is 1. The molecular weight excluding hydrogens is 409 g/mol. The van der Waals surface area contributed by atoms with Crippen LogP contribution in [0.5, 0.6) is 0 Å². The molecular formula is C19H18ClF3N4O2. The van der Waals surface area contributed by atoms with E-state index in [1.165, 1.54) is 0 Å². The van der Waals surface area contributed by atoms with Crippen LogP contribution in [0.15, 0.2) is 41.5 Å². The normalized spacial score (nSPS) is 21.0. The second-order valence-electron chi connectivity index (χ2n) is 6.71. The number of hydrogen-bond donors (Lipinski definition) is 2. The number of carbonyl (C=O) groups excluding carboxylic acids is 1. The quantitative estimate of drug-likeness (QED) is 0.781. The number of alkyl halides is 3. The van der Waals surface area contributed by atoms with E-state index in [2.05, 4.69) is 20.6 Å². The number of halogens is 4. The maximum Gasteiger partial charge on any atom is 0.417 e. The number of amides is 1. The molecule has 10 heteroatoms. The summed E-state index contributed by atoms with van der Waals surface area (Å²) in [5.74, 6) is -0.0105. The predicted octanol–water partition coefficient (Wildman–Crippen LogP) is 3.87. The van der Waals surface area contributed by atoms with E-state index < -0.39 is 23.2 Å². The van der Waals surface area contributed by atoms with Crippen LogP contribution in [0.25, 0.3) is 0 Å². The van der Waals surface area contributed by atoms with Crippen molar-refractivity contribution in [1.29, 1.82) is 0 Å². The van der Waals surface area contributed by atoms with Gasteiger partial charge in [-0.25, -0.2) is 4.98 Å². The lowest BCUT2D eigenvalue weighted by Crippen LogP contribution is -2.52. The van der Waals surface area contributed by atoms with E-state index in [-0.39, 0.29) is 10.7 Å². The molecule has 6 nitrogen and oxygen atoms in total. The molecule has 1 amide bonds. The second kappa shape index (κ2) is 8.00. The standard InChI is InChI=1S/C19H18ClF3N4O2/c1-18(10-29-9-15(24-2)27-18)11-4-3-5-13(6-11)26-17(28)16-14(20)7-12(8-25-16)19(21,22)23/h3-8H,9-10H2,1-2H3,(H,24,27)(H,26,28). The lowest BCUT2D eigenvalue weighted by Gasteiger charge is -2.36. The van der Waals surface area contributed by atoms with Crippen molar-refractivity contribution in [1.82, 2.24) is 10.3 Å². The monoisotopic (exact) mass is 426 g/mol. The number of nitrogens with zero attached hydrogens (tertiary/aromatic N) is 2. The van der Waals surface area contributed by atoms with Crippen LogP contribution in [0.1, 0.15) is 28.5 Å². The molecule has 0 spiro atoms. The molecule has 1 fully saturated rings. The number of hydrogen-bond acceptors (Lipinski definition) is 4. The first-order chi connectivity index (χ1) is 13.6. The Kier molecular flexibility index (Phi) is 5.81. The van der Waals surface area contributed by atoms with Crippen LogP contribution in [0.4, 0.5) is 18.9 Å². The number of aliphatic imine (C=N–C) groups is 1. The summed E-state index contributed by atoms with van der Waals surface area (Å²) < 4.78 is 43.8. The number of carbonyl (C=O) groups is 1. The first kappa shape index (κ1) is 21.1. The van der Waals surface area contributed by atoms with Crippen LogP contribution >= 0.6 is 11.6 Å². The number of benzene rings is 1. The molecule has 1 aromatic heterocycles. The lowest BCUT2D eigenvalue weighted by molar-refractivity contribution is -0.137. The van der Waals surface area contributed by atoms with E-state index in [0.29, 0.717) is 37.0 Å². The highest BCUT2D eigenvalue weighted by molar-refractivity contribution is 6.34. The summed E-state index contributed by atoms with van der Waals surface area (Å²) in [7, 11) is 1.66. The van der Waals surface area contributed by atoms with Crippen molar-refractivity contribution in [3.05, 3.63) is 58.4 Å². The summed E-state index contributed by atoms with van der Waals surface area (Å²) in [6.07, 6.45) is -4.02. The fourth-order valence-electron chi connectivity index (χ4n) is 2.91. The van der Waals surface area contributed by atoms with Crippen LogP contribution < -0.4 is 10.6 Å². The lowest BCUT2D eigenvalue weighted by atomic mass is 9.91. The van der Waals surface area contributed by atoms with Crippen molar-refractivity contribution in [3.8, 4) is 0 Å². The van der Waals surface area contributed by atoms with Gasteiger partial charge >= 0.3 is 6.18 Å². The van der Waals surface area contributed by atoms with Crippen LogP contribution in [-0.2, 0) is 16.5 Å². The first-order valence-corrected chi connectivity index (χ1v) is 8.96. The van der Waals surface area contributed by atoms with Gasteiger partial charge in [-0.05, 0) is 30.7 Å². The average molecular weight is 427 g/mol. The molecule has 1 aliphatic heterocycles. The maximum absolute atomic E-state index is 12.7. The fraction of sp³-hybridized carbons (Fsp3) is 0.316. The van der Waals surface area contributed by atoms with E-state index in [4.69, 9.17) is 16.3 Å². The van der Waals surface area contributed by atoms with Gasteiger partial charge in [0.15, 0.2) is 0 Å². The molecule has 2 aromatic rings. The maximum atomic E-state index is 12.7. The highest BCUT2D eigenvalue weighted by Gasteiger charge is 2.33. The minimum absolute atomic E-state index is 0.296. The molecule has 3 rings (SSSR count).